The van der Waals surface area contributed by atoms with Crippen LogP contribution in [0.5, 0.6) is 0 Å². The number of H-pyrrole nitrogens is 1. The van der Waals surface area contributed by atoms with Gasteiger partial charge in [-0.05, 0) is 90.9 Å². The standard InChI is InChI=1S/C34H31FN4O4/c1-19-24(3-2-4-28(19)38-33(42)21-5-8-23(35)9-6-21)25-11-12-27(32(36)41)31-30(25)26-10-7-22(17-29(26)37-31)34(43)39-15-13-20(18-40)14-16-39/h2-12,17,20,37,40H,13-16,18H2,1H3,(H2,36,41)(H,38,42). The van der Waals surface area contributed by atoms with E-state index >= 15 is 0 Å². The number of nitrogens with one attached hydrogen (secondary N) is 2. The van der Waals surface area contributed by atoms with Crippen molar-refractivity contribution >= 4 is 45.2 Å². The Morgan fingerprint density at radius 3 is 2.40 bits per heavy atom. The highest BCUT2D eigenvalue weighted by Crippen LogP contribution is 2.39. The zero-order valence-electron chi connectivity index (χ0n) is 23.6. The van der Waals surface area contributed by atoms with Crippen LogP contribution in [0.2, 0.25) is 0 Å². The molecule has 4 aromatic carbocycles. The Morgan fingerprint density at radius 2 is 1.70 bits per heavy atom. The van der Waals surface area contributed by atoms with Gasteiger partial charge in [0.05, 0.1) is 11.1 Å². The molecule has 1 fully saturated rings. The third kappa shape index (κ3) is 5.23. The molecular weight excluding hydrogens is 547 g/mol. The van der Waals surface area contributed by atoms with Gasteiger partial charge >= 0.3 is 0 Å². The predicted octanol–water partition coefficient (Wildman–Crippen LogP) is 5.63. The topological polar surface area (TPSA) is 129 Å². The molecule has 5 N–H and O–H groups in total. The molecule has 1 saturated heterocycles. The summed E-state index contributed by atoms with van der Waals surface area (Å²) in [5.74, 6) is -1.21. The van der Waals surface area contributed by atoms with Crippen molar-refractivity contribution in [3.8, 4) is 11.1 Å². The number of benzene rings is 4. The van der Waals surface area contributed by atoms with Gasteiger partial charge in [0.15, 0.2) is 0 Å². The van der Waals surface area contributed by atoms with Crippen LogP contribution in [0.3, 0.4) is 0 Å². The molecule has 43 heavy (non-hydrogen) atoms. The van der Waals surface area contributed by atoms with Crippen molar-refractivity contribution in [1.82, 2.24) is 9.88 Å². The van der Waals surface area contributed by atoms with Crippen LogP contribution >= 0.6 is 0 Å². The Bertz CT molecular complexity index is 1890. The lowest BCUT2D eigenvalue weighted by molar-refractivity contribution is 0.0651. The third-order valence-corrected chi connectivity index (χ3v) is 8.40. The Morgan fingerprint density at radius 1 is 0.977 bits per heavy atom. The molecule has 1 aliphatic heterocycles. The fourth-order valence-corrected chi connectivity index (χ4v) is 5.94. The van der Waals surface area contributed by atoms with Gasteiger partial charge in [0, 0.05) is 52.8 Å². The molecule has 0 unspecified atom stereocenters. The van der Waals surface area contributed by atoms with Crippen molar-refractivity contribution in [3.05, 3.63) is 101 Å². The van der Waals surface area contributed by atoms with Gasteiger partial charge in [-0.3, -0.25) is 14.4 Å². The van der Waals surface area contributed by atoms with Gasteiger partial charge in [0.1, 0.15) is 5.82 Å². The monoisotopic (exact) mass is 578 g/mol. The molecule has 218 valence electrons. The summed E-state index contributed by atoms with van der Waals surface area (Å²) in [6.07, 6.45) is 1.54. The summed E-state index contributed by atoms with van der Waals surface area (Å²) in [5.41, 5.74) is 11.3. The van der Waals surface area contributed by atoms with Crippen molar-refractivity contribution in [2.45, 2.75) is 19.8 Å². The first-order valence-corrected chi connectivity index (χ1v) is 14.2. The second-order valence-corrected chi connectivity index (χ2v) is 11.0. The van der Waals surface area contributed by atoms with Crippen LogP contribution in [0, 0.1) is 18.7 Å². The van der Waals surface area contributed by atoms with Crippen molar-refractivity contribution in [2.24, 2.45) is 11.7 Å². The summed E-state index contributed by atoms with van der Waals surface area (Å²) in [5, 5.41) is 14.0. The van der Waals surface area contributed by atoms with E-state index in [-0.39, 0.29) is 24.3 Å². The first-order valence-electron chi connectivity index (χ1n) is 14.2. The maximum absolute atomic E-state index is 13.4. The number of carbonyl (C=O) groups is 3. The summed E-state index contributed by atoms with van der Waals surface area (Å²) in [6.45, 7) is 3.22. The van der Waals surface area contributed by atoms with E-state index < -0.39 is 11.7 Å². The largest absolute Gasteiger partial charge is 0.396 e. The van der Waals surface area contributed by atoms with E-state index in [2.05, 4.69) is 10.3 Å². The van der Waals surface area contributed by atoms with Crippen LogP contribution in [-0.4, -0.2) is 52.4 Å². The molecule has 0 radical (unpaired) electrons. The Labute approximate surface area is 247 Å². The van der Waals surface area contributed by atoms with Gasteiger partial charge in [0.25, 0.3) is 17.7 Å². The molecule has 0 saturated carbocycles. The average Bonchev–Trinajstić information content (AvgIpc) is 3.40. The smallest absolute Gasteiger partial charge is 0.255 e. The van der Waals surface area contributed by atoms with Crippen LogP contribution in [-0.2, 0) is 0 Å². The number of aliphatic hydroxyl groups is 1. The Balaban J connectivity index is 1.41. The van der Waals surface area contributed by atoms with Gasteiger partial charge < -0.3 is 26.0 Å². The number of piperidine rings is 1. The zero-order valence-corrected chi connectivity index (χ0v) is 23.6. The summed E-state index contributed by atoms with van der Waals surface area (Å²) in [6, 6.07) is 19.9. The number of aromatic amines is 1. The molecule has 0 bridgehead atoms. The molecule has 0 spiro atoms. The fourth-order valence-electron chi connectivity index (χ4n) is 5.94. The number of aromatic nitrogens is 1. The molecule has 1 aromatic heterocycles. The number of halogens is 1. The SMILES string of the molecule is Cc1c(NC(=O)c2ccc(F)cc2)cccc1-c1ccc(C(N)=O)c2[nH]c3cc(C(=O)N4CCC(CO)CC4)ccc3c12. The van der Waals surface area contributed by atoms with Crippen LogP contribution in [0.4, 0.5) is 10.1 Å². The number of primary amides is 1. The molecule has 6 rings (SSSR count). The number of carbonyl (C=O) groups excluding carboxylic acids is 3. The number of anilines is 1. The van der Waals surface area contributed by atoms with Crippen molar-refractivity contribution in [3.63, 3.8) is 0 Å². The highest BCUT2D eigenvalue weighted by Gasteiger charge is 2.24. The van der Waals surface area contributed by atoms with E-state index in [4.69, 9.17) is 5.73 Å². The molecule has 0 atom stereocenters. The van der Waals surface area contributed by atoms with Crippen LogP contribution in [0.15, 0.2) is 72.8 Å². The number of nitrogens with zero attached hydrogens (tertiary/aromatic N) is 1. The minimum absolute atomic E-state index is 0.0762. The lowest BCUT2D eigenvalue weighted by Crippen LogP contribution is -2.39. The molecule has 0 aliphatic carbocycles. The lowest BCUT2D eigenvalue weighted by atomic mass is 9.93. The van der Waals surface area contributed by atoms with Gasteiger partial charge in [-0.2, -0.15) is 0 Å². The number of amides is 3. The van der Waals surface area contributed by atoms with Crippen molar-refractivity contribution in [2.75, 3.05) is 25.0 Å². The van der Waals surface area contributed by atoms with Crippen LogP contribution in [0.1, 0.15) is 49.5 Å². The molecule has 1 aliphatic rings. The Hall–Kier alpha value is -5.02. The number of nitrogens with two attached hydrogens (primary N) is 1. The summed E-state index contributed by atoms with van der Waals surface area (Å²) in [4.78, 5) is 43.8. The summed E-state index contributed by atoms with van der Waals surface area (Å²) < 4.78 is 13.4. The number of hydrogen-bond donors (Lipinski definition) is 4. The highest BCUT2D eigenvalue weighted by molar-refractivity contribution is 6.20. The summed E-state index contributed by atoms with van der Waals surface area (Å²) >= 11 is 0. The third-order valence-electron chi connectivity index (χ3n) is 8.40. The molecular formula is C34H31FN4O4. The molecule has 9 heteroatoms. The number of rotatable bonds is 6. The Kier molecular flexibility index (Phi) is 7.41. The average molecular weight is 579 g/mol. The predicted molar refractivity (Wildman–Crippen MR) is 165 cm³/mol. The number of likely N-dealkylation sites (tertiary alicyclic amines) is 1. The lowest BCUT2D eigenvalue weighted by Gasteiger charge is -2.31. The van der Waals surface area contributed by atoms with Gasteiger partial charge in [-0.25, -0.2) is 4.39 Å². The zero-order chi connectivity index (χ0) is 30.2. The van der Waals surface area contributed by atoms with Crippen molar-refractivity contribution < 1.29 is 23.9 Å². The van der Waals surface area contributed by atoms with Crippen molar-refractivity contribution in [1.29, 1.82) is 0 Å². The number of aliphatic hydroxyl groups excluding tert-OH is 1. The number of fused-ring (bicyclic) bond motifs is 3. The minimum Gasteiger partial charge on any atom is -0.396 e. The quantitative estimate of drug-likeness (QED) is 0.208. The van der Waals surface area contributed by atoms with E-state index in [1.165, 1.54) is 24.3 Å². The van der Waals surface area contributed by atoms with E-state index in [1.54, 1.807) is 24.3 Å². The molecule has 8 nitrogen and oxygen atoms in total. The van der Waals surface area contributed by atoms with Crippen LogP contribution in [0.25, 0.3) is 32.9 Å². The first kappa shape index (κ1) is 28.1. The van der Waals surface area contributed by atoms with E-state index in [0.29, 0.717) is 46.5 Å². The molecule has 2 heterocycles. The van der Waals surface area contributed by atoms with E-state index in [1.807, 2.05) is 36.1 Å². The second kappa shape index (κ2) is 11.3. The molecule has 3 amide bonds. The number of hydrogen-bond acceptors (Lipinski definition) is 4. The van der Waals surface area contributed by atoms with Gasteiger partial charge in [0.2, 0.25) is 0 Å². The molecule has 5 aromatic rings. The van der Waals surface area contributed by atoms with Gasteiger partial charge in [-0.15, -0.1) is 0 Å². The maximum Gasteiger partial charge on any atom is 0.255 e. The van der Waals surface area contributed by atoms with E-state index in [0.717, 1.165) is 40.3 Å². The summed E-state index contributed by atoms with van der Waals surface area (Å²) in [7, 11) is 0. The van der Waals surface area contributed by atoms with E-state index in [9.17, 15) is 23.9 Å². The minimum atomic E-state index is -0.580. The fraction of sp³-hybridized carbons (Fsp3) is 0.206. The van der Waals surface area contributed by atoms with Gasteiger partial charge in [-0.1, -0.05) is 24.3 Å². The van der Waals surface area contributed by atoms with Crippen LogP contribution < -0.4 is 11.1 Å². The second-order valence-electron chi connectivity index (χ2n) is 11.0. The maximum atomic E-state index is 13.4. The normalized spacial score (nSPS) is 13.9. The highest BCUT2D eigenvalue weighted by atomic mass is 19.1. The first-order chi connectivity index (χ1) is 20.7.